The van der Waals surface area contributed by atoms with Gasteiger partial charge in [0.15, 0.2) is 0 Å². The maximum absolute atomic E-state index is 5.89. The fraction of sp³-hybridized carbons (Fsp3) is 0.688. The van der Waals surface area contributed by atoms with Gasteiger partial charge in [0.25, 0.3) is 0 Å². The molecule has 2 N–H and O–H groups in total. The van der Waals surface area contributed by atoms with E-state index in [1.165, 1.54) is 24.0 Å². The van der Waals surface area contributed by atoms with Gasteiger partial charge in [-0.05, 0) is 42.7 Å². The first-order chi connectivity index (χ1) is 8.93. The fourth-order valence-corrected chi connectivity index (χ4v) is 3.06. The second kappa shape index (κ2) is 5.49. The van der Waals surface area contributed by atoms with E-state index in [4.69, 9.17) is 5.73 Å². The third-order valence-corrected chi connectivity index (χ3v) is 4.49. The van der Waals surface area contributed by atoms with Gasteiger partial charge < -0.3 is 10.6 Å². The van der Waals surface area contributed by atoms with E-state index in [2.05, 4.69) is 37.6 Å². The molecule has 0 aromatic carbocycles. The van der Waals surface area contributed by atoms with Crippen LogP contribution in [0.1, 0.15) is 44.7 Å². The summed E-state index contributed by atoms with van der Waals surface area (Å²) in [7, 11) is 0. The Bertz CT molecular complexity index is 426. The third-order valence-electron chi connectivity index (χ3n) is 4.49. The third kappa shape index (κ3) is 3.08. The average Bonchev–Trinajstić information content (AvgIpc) is 2.37. The highest BCUT2D eigenvalue weighted by Gasteiger charge is 2.29. The van der Waals surface area contributed by atoms with Crippen molar-refractivity contribution in [2.24, 2.45) is 17.1 Å². The predicted octanol–water partition coefficient (Wildman–Crippen LogP) is 3.11. The Morgan fingerprint density at radius 3 is 2.47 bits per heavy atom. The first-order valence-corrected chi connectivity index (χ1v) is 7.33. The van der Waals surface area contributed by atoms with Crippen molar-refractivity contribution in [3.8, 4) is 0 Å². The van der Waals surface area contributed by atoms with Crippen LogP contribution >= 0.6 is 0 Å². The van der Waals surface area contributed by atoms with Crippen LogP contribution in [0.15, 0.2) is 12.3 Å². The summed E-state index contributed by atoms with van der Waals surface area (Å²) in [5.41, 5.74) is 8.77. The molecule has 1 aromatic heterocycles. The summed E-state index contributed by atoms with van der Waals surface area (Å²) in [6.07, 6.45) is 4.41. The number of aromatic nitrogens is 1. The molecule has 1 aromatic rings. The Labute approximate surface area is 117 Å². The van der Waals surface area contributed by atoms with E-state index in [1.807, 2.05) is 12.3 Å². The molecule has 0 aliphatic carbocycles. The highest BCUT2D eigenvalue weighted by molar-refractivity contribution is 5.50. The number of nitrogens with two attached hydrogens (primary N) is 1. The van der Waals surface area contributed by atoms with Crippen LogP contribution in [0.3, 0.4) is 0 Å². The second-order valence-corrected chi connectivity index (χ2v) is 6.76. The van der Waals surface area contributed by atoms with Gasteiger partial charge in [-0.1, -0.05) is 20.8 Å². The van der Waals surface area contributed by atoms with Gasteiger partial charge in [0.2, 0.25) is 0 Å². The molecule has 1 aliphatic heterocycles. The minimum Gasteiger partial charge on any atom is -0.356 e. The van der Waals surface area contributed by atoms with Crippen LogP contribution in [0.25, 0.3) is 0 Å². The number of rotatable bonds is 2. The number of pyridine rings is 1. The monoisotopic (exact) mass is 261 g/mol. The van der Waals surface area contributed by atoms with Gasteiger partial charge >= 0.3 is 0 Å². The number of nitrogens with zero attached hydrogens (tertiary/aromatic N) is 2. The summed E-state index contributed by atoms with van der Waals surface area (Å²) in [6.45, 7) is 12.0. The normalized spacial score (nSPS) is 17.8. The van der Waals surface area contributed by atoms with E-state index in [0.29, 0.717) is 12.0 Å². The van der Waals surface area contributed by atoms with Crippen LogP contribution in [0.4, 0.5) is 5.82 Å². The van der Waals surface area contributed by atoms with E-state index >= 15 is 0 Å². The van der Waals surface area contributed by atoms with E-state index in [1.54, 1.807) is 0 Å². The van der Waals surface area contributed by atoms with Gasteiger partial charge in [0.1, 0.15) is 5.82 Å². The van der Waals surface area contributed by atoms with Crippen molar-refractivity contribution in [1.29, 1.82) is 0 Å². The average molecular weight is 261 g/mol. The molecule has 1 aliphatic rings. The van der Waals surface area contributed by atoms with Crippen LogP contribution in [0.2, 0.25) is 0 Å². The van der Waals surface area contributed by atoms with Gasteiger partial charge in [0.05, 0.1) is 0 Å². The topological polar surface area (TPSA) is 42.2 Å². The Morgan fingerprint density at radius 2 is 1.95 bits per heavy atom. The maximum Gasteiger partial charge on any atom is 0.133 e. The minimum atomic E-state index is 0.419. The summed E-state index contributed by atoms with van der Waals surface area (Å²) in [6, 6.07) is 2.05. The zero-order chi connectivity index (χ0) is 14.0. The largest absolute Gasteiger partial charge is 0.356 e. The van der Waals surface area contributed by atoms with E-state index in [-0.39, 0.29) is 0 Å². The molecule has 3 heteroatoms. The number of aryl methyl sites for hydroxylation is 1. The lowest BCUT2D eigenvalue weighted by atomic mass is 9.75. The summed E-state index contributed by atoms with van der Waals surface area (Å²) in [5, 5.41) is 0. The van der Waals surface area contributed by atoms with Gasteiger partial charge in [0, 0.05) is 31.4 Å². The van der Waals surface area contributed by atoms with Gasteiger partial charge in [-0.15, -0.1) is 0 Å². The molecule has 0 saturated carbocycles. The Morgan fingerprint density at radius 1 is 1.32 bits per heavy atom. The van der Waals surface area contributed by atoms with E-state index < -0.39 is 0 Å². The number of hydrogen-bond donors (Lipinski definition) is 1. The zero-order valence-corrected chi connectivity index (χ0v) is 12.7. The molecule has 1 fully saturated rings. The molecule has 2 rings (SSSR count). The first-order valence-electron chi connectivity index (χ1n) is 7.33. The molecule has 3 nitrogen and oxygen atoms in total. The smallest absolute Gasteiger partial charge is 0.133 e. The first kappa shape index (κ1) is 14.3. The number of piperidine rings is 1. The summed E-state index contributed by atoms with van der Waals surface area (Å²) in [5.74, 6) is 1.92. The molecule has 1 saturated heterocycles. The Hall–Kier alpha value is -1.09. The maximum atomic E-state index is 5.89. The van der Waals surface area contributed by atoms with Crippen molar-refractivity contribution in [3.05, 3.63) is 23.4 Å². The standard InChI is InChI=1S/C16H27N3/c1-12-5-8-18-15(14(12)11-17)19-9-6-13(7-10-19)16(2,3)4/h5,8,13H,6-7,9-11,17H2,1-4H3. The molecule has 0 spiro atoms. The van der Waals surface area contributed by atoms with Crippen molar-refractivity contribution in [1.82, 2.24) is 4.98 Å². The lowest BCUT2D eigenvalue weighted by Crippen LogP contribution is -2.39. The van der Waals surface area contributed by atoms with Gasteiger partial charge in [-0.3, -0.25) is 0 Å². The molecule has 0 atom stereocenters. The van der Waals surface area contributed by atoms with E-state index in [0.717, 1.165) is 24.8 Å². The molecule has 0 bridgehead atoms. The van der Waals surface area contributed by atoms with Crippen molar-refractivity contribution in [2.45, 2.75) is 47.1 Å². The minimum absolute atomic E-state index is 0.419. The highest BCUT2D eigenvalue weighted by Crippen LogP contribution is 2.35. The van der Waals surface area contributed by atoms with Crippen LogP contribution in [-0.2, 0) is 6.54 Å². The number of hydrogen-bond acceptors (Lipinski definition) is 3. The van der Waals surface area contributed by atoms with Crippen molar-refractivity contribution >= 4 is 5.82 Å². The van der Waals surface area contributed by atoms with Crippen LogP contribution in [0.5, 0.6) is 0 Å². The summed E-state index contributed by atoms with van der Waals surface area (Å²) in [4.78, 5) is 6.98. The zero-order valence-electron chi connectivity index (χ0n) is 12.7. The molecule has 2 heterocycles. The number of anilines is 1. The van der Waals surface area contributed by atoms with Crippen LogP contribution in [0, 0.1) is 18.3 Å². The summed E-state index contributed by atoms with van der Waals surface area (Å²) < 4.78 is 0. The lowest BCUT2D eigenvalue weighted by Gasteiger charge is -2.39. The van der Waals surface area contributed by atoms with Gasteiger partial charge in [-0.25, -0.2) is 4.98 Å². The van der Waals surface area contributed by atoms with Crippen molar-refractivity contribution < 1.29 is 0 Å². The van der Waals surface area contributed by atoms with Crippen LogP contribution < -0.4 is 10.6 Å². The van der Waals surface area contributed by atoms with Crippen molar-refractivity contribution in [2.75, 3.05) is 18.0 Å². The summed E-state index contributed by atoms with van der Waals surface area (Å²) >= 11 is 0. The van der Waals surface area contributed by atoms with Gasteiger partial charge in [-0.2, -0.15) is 0 Å². The second-order valence-electron chi connectivity index (χ2n) is 6.76. The lowest BCUT2D eigenvalue weighted by molar-refractivity contribution is 0.198. The molecule has 0 radical (unpaired) electrons. The predicted molar refractivity (Wildman–Crippen MR) is 81.3 cm³/mol. The van der Waals surface area contributed by atoms with Crippen molar-refractivity contribution in [3.63, 3.8) is 0 Å². The Kier molecular flexibility index (Phi) is 4.14. The SMILES string of the molecule is Cc1ccnc(N2CCC(C(C)(C)C)CC2)c1CN. The highest BCUT2D eigenvalue weighted by atomic mass is 15.2. The quantitative estimate of drug-likeness (QED) is 0.889. The fourth-order valence-electron chi connectivity index (χ4n) is 3.06. The Balaban J connectivity index is 2.12. The molecular weight excluding hydrogens is 234 g/mol. The molecule has 0 amide bonds. The van der Waals surface area contributed by atoms with E-state index in [9.17, 15) is 0 Å². The van der Waals surface area contributed by atoms with Crippen LogP contribution in [-0.4, -0.2) is 18.1 Å². The molecule has 106 valence electrons. The molecule has 0 unspecified atom stereocenters. The molecular formula is C16H27N3. The molecule has 19 heavy (non-hydrogen) atoms.